The summed E-state index contributed by atoms with van der Waals surface area (Å²) in [4.78, 5) is 7.00. The first-order chi connectivity index (χ1) is 8.19. The Morgan fingerprint density at radius 2 is 2.24 bits per heavy atom. The highest BCUT2D eigenvalue weighted by molar-refractivity contribution is 9.10. The number of aryl methyl sites for hydroxylation is 1. The van der Waals surface area contributed by atoms with Crippen LogP contribution in [0.3, 0.4) is 0 Å². The summed E-state index contributed by atoms with van der Waals surface area (Å²) >= 11 is 6.90. The molecule has 2 N–H and O–H groups in total. The molecule has 90 valence electrons. The number of thiophene rings is 1. The first-order valence-electron chi connectivity index (χ1n) is 5.23. The van der Waals surface area contributed by atoms with Gasteiger partial charge in [0.05, 0.1) is 10.3 Å². The molecule has 0 fully saturated rings. The maximum atomic E-state index is 5.84. The van der Waals surface area contributed by atoms with Crippen LogP contribution in [0.15, 0.2) is 40.0 Å². The molecule has 0 aliphatic carbocycles. The van der Waals surface area contributed by atoms with Crippen LogP contribution >= 0.6 is 39.0 Å². The molecule has 5 heteroatoms. The molecule has 0 radical (unpaired) electrons. The Hall–Kier alpha value is -0.360. The Morgan fingerprint density at radius 1 is 1.41 bits per heavy atom. The van der Waals surface area contributed by atoms with Crippen LogP contribution in [-0.2, 0) is 0 Å². The van der Waals surface area contributed by atoms with E-state index in [4.69, 9.17) is 5.73 Å². The van der Waals surface area contributed by atoms with E-state index < -0.39 is 0 Å². The maximum absolute atomic E-state index is 5.84. The summed E-state index contributed by atoms with van der Waals surface area (Å²) in [5.41, 5.74) is 5.84. The zero-order valence-electron chi connectivity index (χ0n) is 9.39. The number of nitrogens with two attached hydrogens (primary N) is 1. The summed E-state index contributed by atoms with van der Waals surface area (Å²) in [6.07, 6.45) is 1.82. The fraction of sp³-hybridized carbons (Fsp3) is 0.250. The second-order valence-corrected chi connectivity index (χ2v) is 7.06. The summed E-state index contributed by atoms with van der Waals surface area (Å²) in [6.45, 7) is 2.74. The van der Waals surface area contributed by atoms with E-state index in [-0.39, 0.29) is 0 Å². The molecule has 0 saturated carbocycles. The van der Waals surface area contributed by atoms with Gasteiger partial charge in [-0.05, 0) is 47.1 Å². The second-order valence-electron chi connectivity index (χ2n) is 3.61. The number of hydrogen-bond acceptors (Lipinski definition) is 4. The van der Waals surface area contributed by atoms with Gasteiger partial charge in [0.15, 0.2) is 0 Å². The van der Waals surface area contributed by atoms with E-state index in [9.17, 15) is 0 Å². The zero-order chi connectivity index (χ0) is 12.3. The van der Waals surface area contributed by atoms with Crippen LogP contribution < -0.4 is 5.73 Å². The van der Waals surface area contributed by atoms with Gasteiger partial charge in [-0.2, -0.15) is 0 Å². The molecule has 0 saturated heterocycles. The van der Waals surface area contributed by atoms with Crippen molar-refractivity contribution in [1.82, 2.24) is 4.98 Å². The predicted octanol–water partition coefficient (Wildman–Crippen LogP) is 4.01. The lowest BCUT2D eigenvalue weighted by molar-refractivity contribution is 0.952. The van der Waals surface area contributed by atoms with Crippen molar-refractivity contribution in [3.8, 4) is 0 Å². The van der Waals surface area contributed by atoms with Crippen molar-refractivity contribution in [1.29, 1.82) is 0 Å². The van der Waals surface area contributed by atoms with Crippen LogP contribution in [0.2, 0.25) is 0 Å². The van der Waals surface area contributed by atoms with Gasteiger partial charge in [0.2, 0.25) is 0 Å². The minimum atomic E-state index is 0.294. The average molecular weight is 329 g/mol. The second kappa shape index (κ2) is 6.00. The molecule has 0 bridgehead atoms. The van der Waals surface area contributed by atoms with Crippen molar-refractivity contribution in [2.45, 2.75) is 17.2 Å². The van der Waals surface area contributed by atoms with Gasteiger partial charge in [-0.15, -0.1) is 11.3 Å². The Kier molecular flexibility index (Phi) is 4.62. The van der Waals surface area contributed by atoms with Crippen molar-refractivity contribution in [2.24, 2.45) is 5.73 Å². The van der Waals surface area contributed by atoms with Crippen LogP contribution in [0.5, 0.6) is 0 Å². The Balaban J connectivity index is 2.12. The largest absolute Gasteiger partial charge is 0.329 e. The highest BCUT2D eigenvalue weighted by Crippen LogP contribution is 2.36. The molecule has 2 nitrogen and oxygen atoms in total. The first-order valence-corrected chi connectivity index (χ1v) is 7.72. The number of nitrogens with zero attached hydrogens (tertiary/aromatic N) is 1. The van der Waals surface area contributed by atoms with E-state index in [2.05, 4.69) is 40.0 Å². The number of aromatic nitrogens is 1. The van der Waals surface area contributed by atoms with Crippen LogP contribution in [0.25, 0.3) is 0 Å². The Bertz CT molecular complexity index is 482. The van der Waals surface area contributed by atoms with E-state index in [1.807, 2.05) is 18.3 Å². The molecule has 1 unspecified atom stereocenters. The monoisotopic (exact) mass is 328 g/mol. The molecule has 2 aromatic rings. The normalized spacial score (nSPS) is 12.6. The van der Waals surface area contributed by atoms with Crippen LogP contribution in [-0.4, -0.2) is 11.5 Å². The van der Waals surface area contributed by atoms with Crippen molar-refractivity contribution in [3.05, 3.63) is 44.7 Å². The molecule has 2 heterocycles. The molecule has 0 amide bonds. The first kappa shape index (κ1) is 13.1. The third kappa shape index (κ3) is 3.55. The number of pyridine rings is 1. The molecule has 0 aliphatic rings. The standard InChI is InChI=1S/C12H13BrN2S2/c1-8-2-4-10(16-8)11(6-14)17-12-5-3-9(13)7-15-12/h2-5,7,11H,6,14H2,1H3. The molecule has 17 heavy (non-hydrogen) atoms. The molecule has 1 atom stereocenters. The number of hydrogen-bond donors (Lipinski definition) is 1. The zero-order valence-corrected chi connectivity index (χ0v) is 12.6. The van der Waals surface area contributed by atoms with Gasteiger partial charge in [0, 0.05) is 27.0 Å². The SMILES string of the molecule is Cc1ccc(C(CN)Sc2ccc(Br)cn2)s1. The number of thioether (sulfide) groups is 1. The van der Waals surface area contributed by atoms with E-state index in [1.54, 1.807) is 23.1 Å². The molecule has 2 aromatic heterocycles. The summed E-state index contributed by atoms with van der Waals surface area (Å²) in [6, 6.07) is 8.31. The fourth-order valence-electron chi connectivity index (χ4n) is 1.43. The van der Waals surface area contributed by atoms with Crippen LogP contribution in [0.1, 0.15) is 15.0 Å². The minimum Gasteiger partial charge on any atom is -0.329 e. The fourth-order valence-corrected chi connectivity index (χ4v) is 3.66. The van der Waals surface area contributed by atoms with Crippen LogP contribution in [0, 0.1) is 6.92 Å². The highest BCUT2D eigenvalue weighted by atomic mass is 79.9. The van der Waals surface area contributed by atoms with Gasteiger partial charge < -0.3 is 5.73 Å². The van der Waals surface area contributed by atoms with Gasteiger partial charge in [0.1, 0.15) is 0 Å². The summed E-state index contributed by atoms with van der Waals surface area (Å²) in [5, 5.41) is 1.30. The summed E-state index contributed by atoms with van der Waals surface area (Å²) in [7, 11) is 0. The van der Waals surface area contributed by atoms with Gasteiger partial charge in [-0.1, -0.05) is 11.8 Å². The van der Waals surface area contributed by atoms with Crippen LogP contribution in [0.4, 0.5) is 0 Å². The third-order valence-corrected chi connectivity index (χ3v) is 5.20. The molecule has 0 spiro atoms. The number of halogens is 1. The maximum Gasteiger partial charge on any atom is 0.0967 e. The topological polar surface area (TPSA) is 38.9 Å². The lowest BCUT2D eigenvalue weighted by Gasteiger charge is -2.11. The molecule has 2 rings (SSSR count). The molecular formula is C12H13BrN2S2. The van der Waals surface area contributed by atoms with Crippen molar-refractivity contribution in [2.75, 3.05) is 6.54 Å². The lowest BCUT2D eigenvalue weighted by atomic mass is 10.3. The molecule has 0 aromatic carbocycles. The Morgan fingerprint density at radius 3 is 2.76 bits per heavy atom. The molecular weight excluding hydrogens is 316 g/mol. The van der Waals surface area contributed by atoms with Crippen molar-refractivity contribution >= 4 is 39.0 Å². The predicted molar refractivity (Wildman–Crippen MR) is 78.6 cm³/mol. The van der Waals surface area contributed by atoms with Gasteiger partial charge in [-0.3, -0.25) is 0 Å². The molecule has 0 aliphatic heterocycles. The minimum absolute atomic E-state index is 0.294. The van der Waals surface area contributed by atoms with E-state index >= 15 is 0 Å². The highest BCUT2D eigenvalue weighted by Gasteiger charge is 2.13. The van der Waals surface area contributed by atoms with E-state index in [1.165, 1.54) is 9.75 Å². The summed E-state index contributed by atoms with van der Waals surface area (Å²) in [5.74, 6) is 0. The van der Waals surface area contributed by atoms with Crippen molar-refractivity contribution < 1.29 is 0 Å². The van der Waals surface area contributed by atoms with Gasteiger partial charge in [0.25, 0.3) is 0 Å². The quantitative estimate of drug-likeness (QED) is 0.862. The van der Waals surface area contributed by atoms with E-state index in [0.717, 1.165) is 9.50 Å². The summed E-state index contributed by atoms with van der Waals surface area (Å²) < 4.78 is 0.998. The number of rotatable bonds is 4. The van der Waals surface area contributed by atoms with Gasteiger partial charge >= 0.3 is 0 Å². The van der Waals surface area contributed by atoms with Crippen molar-refractivity contribution in [3.63, 3.8) is 0 Å². The van der Waals surface area contributed by atoms with E-state index in [0.29, 0.717) is 11.8 Å². The third-order valence-electron chi connectivity index (χ3n) is 2.26. The van der Waals surface area contributed by atoms with Gasteiger partial charge in [-0.25, -0.2) is 4.98 Å². The average Bonchev–Trinajstić information content (AvgIpc) is 2.75. The lowest BCUT2D eigenvalue weighted by Crippen LogP contribution is -2.08. The Labute approximate surface area is 118 Å². The smallest absolute Gasteiger partial charge is 0.0967 e.